The summed E-state index contributed by atoms with van der Waals surface area (Å²) >= 11 is 0. The van der Waals surface area contributed by atoms with Crippen molar-refractivity contribution in [2.75, 3.05) is 39.3 Å². The molecule has 2 aliphatic carbocycles. The molecule has 2 atom stereocenters. The van der Waals surface area contributed by atoms with E-state index in [4.69, 9.17) is 0 Å². The maximum atomic E-state index is 15.8. The van der Waals surface area contributed by atoms with Crippen molar-refractivity contribution >= 4 is 0 Å². The van der Waals surface area contributed by atoms with Crippen LogP contribution in [0.3, 0.4) is 0 Å². The lowest BCUT2D eigenvalue weighted by atomic mass is 9.64. The fourth-order valence-electron chi connectivity index (χ4n) is 7.39. The lowest BCUT2D eigenvalue weighted by Crippen LogP contribution is -2.71. The van der Waals surface area contributed by atoms with Crippen LogP contribution in [0.1, 0.15) is 79.1 Å². The molecule has 3 nitrogen and oxygen atoms in total. The molecule has 4 heteroatoms. The van der Waals surface area contributed by atoms with Gasteiger partial charge in [-0.05, 0) is 82.0 Å². The number of hydrogen-bond donors (Lipinski definition) is 0. The SMILES string of the molecule is CC(C)CC1(CN2CC3(CCC(F)(CN4C5CC4CN(C(C)C)C5)CC3)C2)CC1. The lowest BCUT2D eigenvalue weighted by molar-refractivity contribution is -0.125. The summed E-state index contributed by atoms with van der Waals surface area (Å²) in [6, 6.07) is 1.87. The first-order chi connectivity index (χ1) is 13.7. The average Bonchev–Trinajstić information content (AvgIpc) is 3.39. The van der Waals surface area contributed by atoms with Gasteiger partial charge >= 0.3 is 0 Å². The first-order valence-electron chi connectivity index (χ1n) is 12.6. The van der Waals surface area contributed by atoms with Crippen LogP contribution in [-0.4, -0.2) is 77.8 Å². The zero-order valence-corrected chi connectivity index (χ0v) is 19.4. The molecule has 1 spiro atoms. The predicted octanol–water partition coefficient (Wildman–Crippen LogP) is 4.56. The number of alkyl halides is 1. The van der Waals surface area contributed by atoms with Crippen LogP contribution in [0.15, 0.2) is 0 Å². The van der Waals surface area contributed by atoms with Gasteiger partial charge in [-0.2, -0.15) is 0 Å². The third-order valence-electron chi connectivity index (χ3n) is 9.25. The van der Waals surface area contributed by atoms with E-state index < -0.39 is 5.67 Å². The summed E-state index contributed by atoms with van der Waals surface area (Å²) in [6.07, 6.45) is 9.44. The van der Waals surface area contributed by atoms with Crippen LogP contribution in [0, 0.1) is 16.7 Å². The summed E-state index contributed by atoms with van der Waals surface area (Å²) in [4.78, 5) is 7.83. The van der Waals surface area contributed by atoms with Crippen molar-refractivity contribution in [3.8, 4) is 0 Å². The number of piperazine rings is 1. The minimum absolute atomic E-state index is 0.461. The summed E-state index contributed by atoms with van der Waals surface area (Å²) in [5.74, 6) is 0.822. The van der Waals surface area contributed by atoms with Gasteiger partial charge in [-0.15, -0.1) is 0 Å². The molecule has 29 heavy (non-hydrogen) atoms. The molecule has 5 rings (SSSR count). The Morgan fingerprint density at radius 2 is 1.48 bits per heavy atom. The quantitative estimate of drug-likeness (QED) is 0.615. The Hall–Kier alpha value is -0.190. The molecule has 5 fully saturated rings. The highest BCUT2D eigenvalue weighted by Gasteiger charge is 2.54. The zero-order chi connectivity index (χ0) is 20.4. The number of nitrogens with zero attached hydrogens (tertiary/aromatic N) is 3. The normalized spacial score (nSPS) is 35.7. The molecule has 3 aliphatic heterocycles. The zero-order valence-electron chi connectivity index (χ0n) is 19.4. The Kier molecular flexibility index (Phi) is 5.12. The molecule has 0 aromatic heterocycles. The molecular weight excluding hydrogens is 361 g/mol. The van der Waals surface area contributed by atoms with E-state index in [1.165, 1.54) is 45.3 Å². The summed E-state index contributed by atoms with van der Waals surface area (Å²) in [7, 11) is 0. The average molecular weight is 406 g/mol. The van der Waals surface area contributed by atoms with E-state index in [1.807, 2.05) is 0 Å². The molecular formula is C25H44FN3. The second kappa shape index (κ2) is 7.17. The third-order valence-corrected chi connectivity index (χ3v) is 9.25. The van der Waals surface area contributed by atoms with E-state index in [2.05, 4.69) is 42.4 Å². The fraction of sp³-hybridized carbons (Fsp3) is 1.00. The molecule has 3 saturated heterocycles. The van der Waals surface area contributed by atoms with E-state index in [0.717, 1.165) is 44.7 Å². The van der Waals surface area contributed by atoms with Crippen LogP contribution >= 0.6 is 0 Å². The van der Waals surface area contributed by atoms with Gasteiger partial charge in [-0.3, -0.25) is 9.80 Å². The second-order valence-corrected chi connectivity index (χ2v) is 12.7. The Bertz CT molecular complexity index is 585. The van der Waals surface area contributed by atoms with E-state index >= 15 is 4.39 Å². The van der Waals surface area contributed by atoms with Crippen molar-refractivity contribution in [1.82, 2.24) is 14.7 Å². The minimum atomic E-state index is -0.919. The molecule has 166 valence electrons. The van der Waals surface area contributed by atoms with Crippen molar-refractivity contribution in [2.45, 2.75) is 103 Å². The third kappa shape index (κ3) is 4.03. The highest BCUT2D eigenvalue weighted by atomic mass is 19.1. The van der Waals surface area contributed by atoms with Crippen molar-refractivity contribution in [3.05, 3.63) is 0 Å². The molecule has 0 N–H and O–H groups in total. The van der Waals surface area contributed by atoms with Gasteiger partial charge < -0.3 is 4.90 Å². The van der Waals surface area contributed by atoms with Gasteiger partial charge in [-0.1, -0.05) is 13.8 Å². The summed E-state index contributed by atoms with van der Waals surface area (Å²) < 4.78 is 15.8. The Labute approximate surface area is 178 Å². The minimum Gasteiger partial charge on any atom is -0.302 e. The van der Waals surface area contributed by atoms with Crippen LogP contribution in [0.5, 0.6) is 0 Å². The largest absolute Gasteiger partial charge is 0.302 e. The number of hydrogen-bond acceptors (Lipinski definition) is 3. The van der Waals surface area contributed by atoms with Gasteiger partial charge in [0.2, 0.25) is 0 Å². The van der Waals surface area contributed by atoms with E-state index in [1.54, 1.807) is 0 Å². The van der Waals surface area contributed by atoms with Gasteiger partial charge in [-0.25, -0.2) is 4.39 Å². The lowest BCUT2D eigenvalue weighted by Gasteiger charge is -2.60. The van der Waals surface area contributed by atoms with Crippen molar-refractivity contribution in [2.24, 2.45) is 16.7 Å². The number of piperidine rings is 1. The van der Waals surface area contributed by atoms with Crippen molar-refractivity contribution < 1.29 is 4.39 Å². The predicted molar refractivity (Wildman–Crippen MR) is 118 cm³/mol. The molecule has 0 aromatic carbocycles. The van der Waals surface area contributed by atoms with Crippen LogP contribution in [0.2, 0.25) is 0 Å². The van der Waals surface area contributed by atoms with Gasteiger partial charge in [0.15, 0.2) is 0 Å². The highest BCUT2D eigenvalue weighted by molar-refractivity contribution is 5.08. The smallest absolute Gasteiger partial charge is 0.123 e. The highest BCUT2D eigenvalue weighted by Crippen LogP contribution is 2.55. The Morgan fingerprint density at radius 3 is 2.00 bits per heavy atom. The maximum Gasteiger partial charge on any atom is 0.123 e. The van der Waals surface area contributed by atoms with Crippen molar-refractivity contribution in [3.63, 3.8) is 0 Å². The molecule has 3 heterocycles. The maximum absolute atomic E-state index is 15.8. The first kappa shape index (κ1) is 20.7. The number of likely N-dealkylation sites (tertiary alicyclic amines) is 3. The summed E-state index contributed by atoms with van der Waals surface area (Å²) in [6.45, 7) is 16.2. The molecule has 5 aliphatic rings. The van der Waals surface area contributed by atoms with Gasteiger partial charge in [0, 0.05) is 57.4 Å². The standard InChI is InChI=1S/C25H44FN3/c1-19(2)12-23(5-6-23)15-27-16-24(17-27)7-9-25(26,10-8-24)18-29-21-11-22(29)14-28(13-21)20(3)4/h19-22H,5-18H2,1-4H3. The number of fused-ring (bicyclic) bond motifs is 2. The number of rotatable bonds is 7. The van der Waals surface area contributed by atoms with Gasteiger partial charge in [0.25, 0.3) is 0 Å². The molecule has 2 saturated carbocycles. The second-order valence-electron chi connectivity index (χ2n) is 12.7. The van der Waals surface area contributed by atoms with Crippen molar-refractivity contribution in [1.29, 1.82) is 0 Å². The van der Waals surface area contributed by atoms with E-state index in [9.17, 15) is 0 Å². The fourth-order valence-corrected chi connectivity index (χ4v) is 7.39. The van der Waals surface area contributed by atoms with Crippen LogP contribution in [0.25, 0.3) is 0 Å². The van der Waals surface area contributed by atoms with Gasteiger partial charge in [0.1, 0.15) is 5.67 Å². The van der Waals surface area contributed by atoms with Crippen LogP contribution < -0.4 is 0 Å². The molecule has 0 radical (unpaired) electrons. The Morgan fingerprint density at radius 1 is 0.862 bits per heavy atom. The van der Waals surface area contributed by atoms with Crippen LogP contribution in [-0.2, 0) is 0 Å². The number of halogens is 1. The summed E-state index contributed by atoms with van der Waals surface area (Å²) in [5.41, 5.74) is 0.189. The monoisotopic (exact) mass is 405 g/mol. The molecule has 2 unspecified atom stereocenters. The molecule has 2 bridgehead atoms. The van der Waals surface area contributed by atoms with E-state index in [0.29, 0.717) is 35.5 Å². The molecule has 0 aromatic rings. The van der Waals surface area contributed by atoms with E-state index in [-0.39, 0.29) is 0 Å². The molecule has 0 amide bonds. The van der Waals surface area contributed by atoms with Crippen LogP contribution in [0.4, 0.5) is 4.39 Å². The topological polar surface area (TPSA) is 9.72 Å². The Balaban J connectivity index is 1.08. The first-order valence-corrected chi connectivity index (χ1v) is 12.6. The summed E-state index contributed by atoms with van der Waals surface area (Å²) in [5, 5.41) is 0. The van der Waals surface area contributed by atoms with Gasteiger partial charge in [0.05, 0.1) is 0 Å².